The topological polar surface area (TPSA) is 28.1 Å². The molecule has 0 fully saturated rings. The minimum Gasteiger partial charge on any atom is -0.183 e. The Kier molecular flexibility index (Phi) is 2.68. The van der Waals surface area contributed by atoms with Gasteiger partial charge in [0.15, 0.2) is 6.07 Å². The molecule has 0 aromatic rings. The van der Waals surface area contributed by atoms with Crippen LogP contribution in [0.3, 0.4) is 0 Å². The van der Waals surface area contributed by atoms with Gasteiger partial charge < -0.3 is 0 Å². The molecular weight excluding hydrogens is 76.1 g/mol. The van der Waals surface area contributed by atoms with E-state index in [0.29, 0.717) is 0 Å². The van der Waals surface area contributed by atoms with E-state index in [1.54, 1.807) is 0 Å². The predicted molar refractivity (Wildman–Crippen MR) is 20.0 cm³/mol. The average Bonchev–Trinajstić information content (AvgIpc) is 1.61. The number of rotatable bonds is 0. The maximum Gasteiger partial charge on any atom is 0.471 e. The second-order valence-corrected chi connectivity index (χ2v) is 0.460. The van der Waals surface area contributed by atoms with Crippen molar-refractivity contribution < 1.29 is 0 Å². The van der Waals surface area contributed by atoms with Crippen molar-refractivity contribution in [3.8, 4) is 18.0 Å². The highest BCUT2D eigenvalue weighted by Gasteiger charge is 1.63. The van der Waals surface area contributed by atoms with Crippen molar-refractivity contribution in [1.29, 1.82) is 5.26 Å². The van der Waals surface area contributed by atoms with Crippen molar-refractivity contribution in [2.75, 3.05) is 0 Å². The predicted octanol–water partition coefficient (Wildman–Crippen LogP) is 0.390. The van der Waals surface area contributed by atoms with Crippen LogP contribution in [-0.2, 0) is 0 Å². The molecule has 6 heavy (non-hydrogen) atoms. The van der Waals surface area contributed by atoms with E-state index >= 15 is 0 Å². The molecule has 2 nitrogen and oxygen atoms in total. The third-order valence-electron chi connectivity index (χ3n) is 0.168. The lowest BCUT2D eigenvalue weighted by molar-refractivity contribution is 1.55. The molecule has 0 saturated heterocycles. The second kappa shape index (κ2) is 3.54. The highest BCUT2D eigenvalue weighted by molar-refractivity contribution is 5.19. The van der Waals surface area contributed by atoms with E-state index < -0.39 is 0 Å². The third-order valence-corrected chi connectivity index (χ3v) is 0.168. The highest BCUT2D eigenvalue weighted by atomic mass is 14.6. The Balaban J connectivity index is 3.60. The molecule has 0 aromatic carbocycles. The summed E-state index contributed by atoms with van der Waals surface area (Å²) >= 11 is 0. The molecule has 0 rings (SSSR count). The van der Waals surface area contributed by atoms with Gasteiger partial charge in [0.25, 0.3) is 0 Å². The summed E-state index contributed by atoms with van der Waals surface area (Å²) in [5, 5.41) is 7.63. The van der Waals surface area contributed by atoms with Gasteiger partial charge in [0, 0.05) is 0 Å². The smallest absolute Gasteiger partial charge is 0.183 e. The van der Waals surface area contributed by atoms with E-state index in [0.717, 1.165) is 0 Å². The van der Waals surface area contributed by atoms with Gasteiger partial charge in [-0.2, -0.15) is 5.26 Å². The van der Waals surface area contributed by atoms with Crippen LogP contribution in [0.1, 0.15) is 0 Å². The zero-order chi connectivity index (χ0) is 4.83. The molecule has 0 aliphatic rings. The molecule has 0 N–H and O–H groups in total. The lowest BCUT2D eigenvalue weighted by atomic mass is 10.8. The average molecular weight is 76.1 g/mol. The van der Waals surface area contributed by atoms with Crippen molar-refractivity contribution in [1.82, 2.24) is 0 Å². The summed E-state index contributed by atoms with van der Waals surface area (Å²) in [7, 11) is 0. The zero-order valence-corrected chi connectivity index (χ0v) is 2.89. The van der Waals surface area contributed by atoms with Gasteiger partial charge in [-0.25, -0.2) is 0 Å². The van der Waals surface area contributed by atoms with Crippen LogP contribution in [0.5, 0.6) is 0 Å². The molecule has 0 atom stereocenters. The zero-order valence-electron chi connectivity index (χ0n) is 2.89. The molecule has 0 spiro atoms. The van der Waals surface area contributed by atoms with E-state index in [9.17, 15) is 0 Å². The lowest BCUT2D eigenvalue weighted by Crippen LogP contribution is -1.37. The van der Waals surface area contributed by atoms with Crippen molar-refractivity contribution in [2.24, 2.45) is 0 Å². The molecule has 0 aliphatic heterocycles. The Labute approximate surface area is 35.8 Å². The Morgan fingerprint density at radius 2 is 2.33 bits per heavy atom. The van der Waals surface area contributed by atoms with Gasteiger partial charge in [0.05, 0.1) is 4.85 Å². The van der Waals surface area contributed by atoms with Crippen LogP contribution < -0.4 is 0 Å². The molecule has 0 bridgehead atoms. The lowest BCUT2D eigenvalue weighted by Gasteiger charge is -1.25. The van der Waals surface area contributed by atoms with Gasteiger partial charge in [0.2, 0.25) is 0 Å². The first-order chi connectivity index (χ1) is 2.91. The summed E-state index contributed by atoms with van der Waals surface area (Å²) < 4.78 is 0. The van der Waals surface area contributed by atoms with E-state index in [2.05, 4.69) is 4.85 Å². The Morgan fingerprint density at radius 3 is 2.50 bits per heavy atom. The molecule has 0 saturated carbocycles. The second-order valence-electron chi connectivity index (χ2n) is 0.460. The summed E-state index contributed by atoms with van der Waals surface area (Å²) in [6, 6.07) is 3.37. The summed E-state index contributed by atoms with van der Waals surface area (Å²) in [5.74, 6) is 1.90. The molecule has 0 aliphatic carbocycles. The maximum absolute atomic E-state index is 7.63. The van der Waals surface area contributed by atoms with Gasteiger partial charge in [0.1, 0.15) is 5.92 Å². The van der Waals surface area contributed by atoms with Crippen molar-refractivity contribution in [3.05, 3.63) is 11.4 Å². The van der Waals surface area contributed by atoms with Crippen molar-refractivity contribution in [2.45, 2.75) is 0 Å². The van der Waals surface area contributed by atoms with Gasteiger partial charge >= 0.3 is 12.6 Å². The molecule has 25 valence electrons. The van der Waals surface area contributed by atoms with E-state index in [1.807, 2.05) is 12.0 Å². The van der Waals surface area contributed by atoms with Crippen LogP contribution in [0.2, 0.25) is 0 Å². The number of nitriles is 1. The highest BCUT2D eigenvalue weighted by Crippen LogP contribution is 1.50. The Bertz CT molecular complexity index is 139. The SMILES string of the molecule is [C]#[N+]C#CC#N. The van der Waals surface area contributed by atoms with Crippen molar-refractivity contribution >= 4 is 0 Å². The normalized spacial score (nSPS) is 3.00. The van der Waals surface area contributed by atoms with Crippen LogP contribution in [0.15, 0.2) is 0 Å². The first-order valence-electron chi connectivity index (χ1n) is 1.17. The minimum absolute atomic E-state index is 1.49. The largest absolute Gasteiger partial charge is 0.471 e. The molecule has 1 radical (unpaired) electrons. The van der Waals surface area contributed by atoms with Gasteiger partial charge in [-0.1, -0.05) is 0 Å². The monoisotopic (exact) mass is 76.0 g/mol. The fraction of sp³-hybridized carbons (Fsp3) is 0. The summed E-state index contributed by atoms with van der Waals surface area (Å²) in [5.41, 5.74) is 0. The van der Waals surface area contributed by atoms with Crippen LogP contribution in [0.4, 0.5) is 0 Å². The quantitative estimate of drug-likeness (QED) is 0.383. The molecular formula is C4N2+. The maximum atomic E-state index is 7.63. The summed E-state index contributed by atoms with van der Waals surface area (Å²) in [6.45, 7) is 6.01. The van der Waals surface area contributed by atoms with Crippen LogP contribution in [0.25, 0.3) is 4.85 Å². The standard InChI is InChI=1S/C4N2/c1-6-4-2-3-5/q+1. The van der Waals surface area contributed by atoms with Gasteiger partial charge in [-0.15, -0.1) is 0 Å². The summed E-state index contributed by atoms with van der Waals surface area (Å²) in [6.07, 6.45) is 0. The number of hydrogen-bond acceptors (Lipinski definition) is 1. The van der Waals surface area contributed by atoms with E-state index in [4.69, 9.17) is 11.8 Å². The molecule has 2 heteroatoms. The molecule has 0 unspecified atom stereocenters. The molecule has 0 amide bonds. The van der Waals surface area contributed by atoms with Gasteiger partial charge in [-0.05, 0) is 0 Å². The number of nitrogens with zero attached hydrogens (tertiary/aromatic N) is 2. The third kappa shape index (κ3) is 2.54. The summed E-state index contributed by atoms with van der Waals surface area (Å²) in [4.78, 5) is 2.59. The first-order valence-corrected chi connectivity index (χ1v) is 1.17. The van der Waals surface area contributed by atoms with Crippen molar-refractivity contribution in [3.63, 3.8) is 0 Å². The molecule has 0 heterocycles. The van der Waals surface area contributed by atoms with Gasteiger partial charge in [-0.3, -0.25) is 0 Å². The Morgan fingerprint density at radius 1 is 1.67 bits per heavy atom. The molecule has 0 aromatic heterocycles. The minimum atomic E-state index is 1.49. The van der Waals surface area contributed by atoms with E-state index in [-0.39, 0.29) is 0 Å². The van der Waals surface area contributed by atoms with Crippen LogP contribution in [0, 0.1) is 29.9 Å². The Hall–Kier alpha value is -1.46. The van der Waals surface area contributed by atoms with Crippen LogP contribution in [-0.4, -0.2) is 0 Å². The first kappa shape index (κ1) is 4.54. The van der Waals surface area contributed by atoms with Crippen LogP contribution >= 0.6 is 0 Å². The fourth-order valence-corrected chi connectivity index (χ4v) is 0.0530. The van der Waals surface area contributed by atoms with E-state index in [1.165, 1.54) is 6.07 Å². The fourth-order valence-electron chi connectivity index (χ4n) is 0.0530. The number of hydrogen-bond donors (Lipinski definition) is 0.